The number of aromatic nitrogens is 4. The van der Waals surface area contributed by atoms with Crippen LogP contribution in [0.25, 0.3) is 5.69 Å². The van der Waals surface area contributed by atoms with Crippen molar-refractivity contribution in [2.75, 3.05) is 0 Å². The fourth-order valence-corrected chi connectivity index (χ4v) is 1.41. The number of thiocarbonyl (C=S) groups is 1. The smallest absolute Gasteiger partial charge is 0.184 e. The summed E-state index contributed by atoms with van der Waals surface area (Å²) < 4.78 is 14.3. The Hall–Kier alpha value is -2.42. The Balaban J connectivity index is 2.11. The lowest BCUT2D eigenvalue weighted by atomic mass is 10.3. The summed E-state index contributed by atoms with van der Waals surface area (Å²) in [6, 6.07) is 5.84. The summed E-state index contributed by atoms with van der Waals surface area (Å²) in [7, 11) is 0. The van der Waals surface area contributed by atoms with Gasteiger partial charge in [0.25, 0.3) is 0 Å². The predicted molar refractivity (Wildman–Crippen MR) is 71.2 cm³/mol. The van der Waals surface area contributed by atoms with E-state index in [2.05, 4.69) is 38.3 Å². The van der Waals surface area contributed by atoms with E-state index in [0.29, 0.717) is 17.9 Å². The second-order valence-corrected chi connectivity index (χ2v) is 3.92. The first kappa shape index (κ1) is 13.0. The van der Waals surface area contributed by atoms with Crippen LogP contribution in [-0.4, -0.2) is 31.5 Å². The van der Waals surface area contributed by atoms with Crippen molar-refractivity contribution < 1.29 is 4.39 Å². The van der Waals surface area contributed by atoms with E-state index in [9.17, 15) is 4.39 Å². The molecule has 0 aliphatic heterocycles. The molecule has 1 aromatic heterocycles. The van der Waals surface area contributed by atoms with Crippen molar-refractivity contribution >= 4 is 23.5 Å². The molecule has 0 spiro atoms. The van der Waals surface area contributed by atoms with Crippen LogP contribution in [0.15, 0.2) is 29.4 Å². The molecule has 19 heavy (non-hydrogen) atoms. The van der Waals surface area contributed by atoms with Gasteiger partial charge >= 0.3 is 0 Å². The van der Waals surface area contributed by atoms with Crippen molar-refractivity contribution in [1.82, 2.24) is 25.6 Å². The Bertz CT molecular complexity index is 592. The number of hydrogen-bond acceptors (Lipinski definition) is 5. The molecule has 0 bridgehead atoms. The minimum atomic E-state index is -0.319. The Morgan fingerprint density at radius 1 is 1.47 bits per heavy atom. The molecule has 0 unspecified atom stereocenters. The number of rotatable bonds is 4. The van der Waals surface area contributed by atoms with Gasteiger partial charge in [-0.15, -0.1) is 5.10 Å². The summed E-state index contributed by atoms with van der Waals surface area (Å²) in [4.78, 5) is 0. The average Bonchev–Trinajstić information content (AvgIpc) is 2.84. The Labute approximate surface area is 113 Å². The Kier molecular flexibility index (Phi) is 4.08. The average molecular weight is 279 g/mol. The van der Waals surface area contributed by atoms with Gasteiger partial charge in [-0.05, 0) is 46.9 Å². The molecule has 0 saturated heterocycles. The maximum Gasteiger partial charge on any atom is 0.184 e. The zero-order valence-corrected chi connectivity index (χ0v) is 10.5. The highest BCUT2D eigenvalue weighted by atomic mass is 32.1. The number of hydrazone groups is 1. The molecule has 0 atom stereocenters. The summed E-state index contributed by atoms with van der Waals surface area (Å²) in [5.41, 5.74) is 8.30. The number of nitrogens with zero attached hydrogens (tertiary/aromatic N) is 5. The third-order valence-corrected chi connectivity index (χ3v) is 2.24. The van der Waals surface area contributed by atoms with Gasteiger partial charge in [0.2, 0.25) is 0 Å². The SMILES string of the molecule is NC(=S)NN=CCc1nnnn1-c1ccc(F)cc1. The number of tetrazole rings is 1. The second-order valence-electron chi connectivity index (χ2n) is 3.48. The lowest BCUT2D eigenvalue weighted by Crippen LogP contribution is -2.24. The van der Waals surface area contributed by atoms with Crippen LogP contribution in [-0.2, 0) is 6.42 Å². The van der Waals surface area contributed by atoms with Crippen molar-refractivity contribution in [1.29, 1.82) is 0 Å². The first-order chi connectivity index (χ1) is 9.16. The highest BCUT2D eigenvalue weighted by Gasteiger charge is 2.06. The lowest BCUT2D eigenvalue weighted by Gasteiger charge is -2.02. The standard InChI is InChI=1S/C10H10FN7S/c11-7-1-3-8(4-2-7)18-9(14-16-17-18)5-6-13-15-10(12)19/h1-4,6H,5H2,(H3,12,15,19). The molecule has 2 aromatic rings. The molecule has 1 aromatic carbocycles. The zero-order chi connectivity index (χ0) is 13.7. The van der Waals surface area contributed by atoms with E-state index in [1.54, 1.807) is 12.1 Å². The van der Waals surface area contributed by atoms with Crippen molar-refractivity contribution in [3.8, 4) is 5.69 Å². The summed E-state index contributed by atoms with van der Waals surface area (Å²) in [6.45, 7) is 0. The Morgan fingerprint density at radius 2 is 2.21 bits per heavy atom. The van der Waals surface area contributed by atoms with Gasteiger partial charge in [-0.1, -0.05) is 0 Å². The molecule has 0 saturated carbocycles. The van der Waals surface area contributed by atoms with Crippen LogP contribution in [0, 0.1) is 5.82 Å². The molecule has 0 aliphatic carbocycles. The number of hydrogen-bond donors (Lipinski definition) is 2. The van der Waals surface area contributed by atoms with E-state index in [1.807, 2.05) is 0 Å². The van der Waals surface area contributed by atoms with Gasteiger partial charge in [0.15, 0.2) is 10.9 Å². The second kappa shape index (κ2) is 5.96. The number of nitrogens with one attached hydrogen (secondary N) is 1. The molecular weight excluding hydrogens is 269 g/mol. The van der Waals surface area contributed by atoms with Crippen LogP contribution in [0.3, 0.4) is 0 Å². The third-order valence-electron chi connectivity index (χ3n) is 2.15. The molecule has 0 aliphatic rings. The van der Waals surface area contributed by atoms with E-state index in [1.165, 1.54) is 23.0 Å². The topological polar surface area (TPSA) is 94.0 Å². The van der Waals surface area contributed by atoms with E-state index in [-0.39, 0.29) is 10.9 Å². The van der Waals surface area contributed by atoms with Gasteiger partial charge in [0.1, 0.15) is 5.82 Å². The van der Waals surface area contributed by atoms with E-state index in [0.717, 1.165) is 0 Å². The van der Waals surface area contributed by atoms with Crippen LogP contribution >= 0.6 is 12.2 Å². The molecule has 1 heterocycles. The fraction of sp³-hybridized carbons (Fsp3) is 0.100. The lowest BCUT2D eigenvalue weighted by molar-refractivity contribution is 0.626. The van der Waals surface area contributed by atoms with Crippen LogP contribution < -0.4 is 11.2 Å². The van der Waals surface area contributed by atoms with Gasteiger partial charge in [-0.2, -0.15) is 9.78 Å². The molecule has 0 amide bonds. The molecule has 0 fully saturated rings. The predicted octanol–water partition coefficient (Wildman–Crippen LogP) is 0.163. The summed E-state index contributed by atoms with van der Waals surface area (Å²) in [5.74, 6) is 0.237. The third kappa shape index (κ3) is 3.52. The van der Waals surface area contributed by atoms with Crippen molar-refractivity contribution in [2.24, 2.45) is 10.8 Å². The number of benzene rings is 1. The van der Waals surface area contributed by atoms with Crippen molar-refractivity contribution in [3.05, 3.63) is 35.9 Å². The Morgan fingerprint density at radius 3 is 2.89 bits per heavy atom. The van der Waals surface area contributed by atoms with Crippen molar-refractivity contribution in [3.63, 3.8) is 0 Å². The fourth-order valence-electron chi connectivity index (χ4n) is 1.35. The summed E-state index contributed by atoms with van der Waals surface area (Å²) in [5, 5.41) is 15.1. The van der Waals surface area contributed by atoms with Crippen LogP contribution in [0.4, 0.5) is 4.39 Å². The minimum Gasteiger partial charge on any atom is -0.375 e. The molecule has 2 rings (SSSR count). The zero-order valence-electron chi connectivity index (χ0n) is 9.69. The van der Waals surface area contributed by atoms with Gasteiger partial charge in [0, 0.05) is 12.6 Å². The molecule has 3 N–H and O–H groups in total. The van der Waals surface area contributed by atoms with Crippen LogP contribution in [0.2, 0.25) is 0 Å². The maximum absolute atomic E-state index is 12.8. The van der Waals surface area contributed by atoms with Gasteiger partial charge in [-0.3, -0.25) is 5.43 Å². The normalized spacial score (nSPS) is 10.8. The first-order valence-corrected chi connectivity index (χ1v) is 5.68. The monoisotopic (exact) mass is 279 g/mol. The van der Waals surface area contributed by atoms with Gasteiger partial charge in [0.05, 0.1) is 5.69 Å². The quantitative estimate of drug-likeness (QED) is 0.470. The first-order valence-electron chi connectivity index (χ1n) is 5.27. The van der Waals surface area contributed by atoms with E-state index >= 15 is 0 Å². The van der Waals surface area contributed by atoms with Crippen molar-refractivity contribution in [2.45, 2.75) is 6.42 Å². The minimum absolute atomic E-state index is 0.0781. The van der Waals surface area contributed by atoms with Gasteiger partial charge < -0.3 is 5.73 Å². The molecule has 7 nitrogen and oxygen atoms in total. The van der Waals surface area contributed by atoms with E-state index < -0.39 is 0 Å². The molecular formula is C10H10FN7S. The summed E-state index contributed by atoms with van der Waals surface area (Å²) in [6.07, 6.45) is 1.91. The molecule has 9 heteroatoms. The van der Waals surface area contributed by atoms with Gasteiger partial charge in [-0.25, -0.2) is 4.39 Å². The van der Waals surface area contributed by atoms with Crippen LogP contribution in [0.5, 0.6) is 0 Å². The number of halogens is 1. The largest absolute Gasteiger partial charge is 0.375 e. The highest BCUT2D eigenvalue weighted by Crippen LogP contribution is 2.08. The maximum atomic E-state index is 12.8. The highest BCUT2D eigenvalue weighted by molar-refractivity contribution is 7.80. The molecule has 0 radical (unpaired) electrons. The summed E-state index contributed by atoms with van der Waals surface area (Å²) >= 11 is 4.60. The van der Waals surface area contributed by atoms with Crippen LogP contribution in [0.1, 0.15) is 5.82 Å². The van der Waals surface area contributed by atoms with E-state index in [4.69, 9.17) is 5.73 Å². The molecule has 98 valence electrons. The number of nitrogens with two attached hydrogens (primary N) is 1.